The summed E-state index contributed by atoms with van der Waals surface area (Å²) in [6.45, 7) is 5.25. The van der Waals surface area contributed by atoms with E-state index in [1.165, 1.54) is 12.8 Å². The molecule has 1 aliphatic rings. The van der Waals surface area contributed by atoms with Gasteiger partial charge in [0.25, 0.3) is 0 Å². The van der Waals surface area contributed by atoms with Crippen LogP contribution in [0.5, 0.6) is 0 Å². The monoisotopic (exact) mass is 186 g/mol. The van der Waals surface area contributed by atoms with Gasteiger partial charge in [-0.25, -0.2) is 0 Å². The van der Waals surface area contributed by atoms with Gasteiger partial charge in [-0.15, -0.1) is 0 Å². The molecule has 3 nitrogen and oxygen atoms in total. The van der Waals surface area contributed by atoms with Crippen molar-refractivity contribution < 1.29 is 4.74 Å². The minimum Gasteiger partial charge on any atom is -0.380 e. The fraction of sp³-hybridized carbons (Fsp3) is 1.00. The standard InChI is InChI=1S/C10H22N2O/c1-9(11-2)4-6-12(3)10-5-7-13-8-10/h9-11H,4-8H2,1-3H3. The fourth-order valence-corrected chi connectivity index (χ4v) is 1.59. The largest absolute Gasteiger partial charge is 0.380 e. The first-order valence-electron chi connectivity index (χ1n) is 5.19. The summed E-state index contributed by atoms with van der Waals surface area (Å²) in [6, 6.07) is 1.27. The Kier molecular flexibility index (Phi) is 4.70. The van der Waals surface area contributed by atoms with Gasteiger partial charge >= 0.3 is 0 Å². The van der Waals surface area contributed by atoms with Crippen molar-refractivity contribution in [3.63, 3.8) is 0 Å². The normalized spacial score (nSPS) is 25.4. The molecule has 1 saturated heterocycles. The van der Waals surface area contributed by atoms with Gasteiger partial charge in [0.2, 0.25) is 0 Å². The molecule has 0 aromatic rings. The molecule has 0 aliphatic carbocycles. The molecule has 78 valence electrons. The maximum Gasteiger partial charge on any atom is 0.0622 e. The summed E-state index contributed by atoms with van der Waals surface area (Å²) in [7, 11) is 4.21. The minimum atomic E-state index is 0.616. The Morgan fingerprint density at radius 1 is 1.62 bits per heavy atom. The van der Waals surface area contributed by atoms with Gasteiger partial charge < -0.3 is 15.0 Å². The quantitative estimate of drug-likeness (QED) is 0.684. The van der Waals surface area contributed by atoms with E-state index in [1.54, 1.807) is 0 Å². The predicted molar refractivity (Wildman–Crippen MR) is 55.0 cm³/mol. The van der Waals surface area contributed by atoms with E-state index >= 15 is 0 Å². The maximum absolute atomic E-state index is 5.35. The highest BCUT2D eigenvalue weighted by Gasteiger charge is 2.19. The molecule has 0 radical (unpaired) electrons. The van der Waals surface area contributed by atoms with Crippen molar-refractivity contribution in [2.24, 2.45) is 0 Å². The summed E-state index contributed by atoms with van der Waals surface area (Å²) in [4.78, 5) is 2.42. The van der Waals surface area contributed by atoms with Crippen LogP contribution in [0.1, 0.15) is 19.8 Å². The second-order valence-corrected chi connectivity index (χ2v) is 3.98. The molecular formula is C10H22N2O. The van der Waals surface area contributed by atoms with Gasteiger partial charge in [-0.3, -0.25) is 0 Å². The Bertz CT molecular complexity index is 135. The number of hydrogen-bond acceptors (Lipinski definition) is 3. The Morgan fingerprint density at radius 2 is 2.38 bits per heavy atom. The number of rotatable bonds is 5. The highest BCUT2D eigenvalue weighted by molar-refractivity contribution is 4.73. The molecule has 1 N–H and O–H groups in total. The van der Waals surface area contributed by atoms with E-state index in [0.29, 0.717) is 12.1 Å². The molecule has 3 heteroatoms. The van der Waals surface area contributed by atoms with Crippen LogP contribution in [0.3, 0.4) is 0 Å². The van der Waals surface area contributed by atoms with E-state index in [9.17, 15) is 0 Å². The molecule has 0 amide bonds. The van der Waals surface area contributed by atoms with Crippen LogP contribution >= 0.6 is 0 Å². The number of likely N-dealkylation sites (N-methyl/N-ethyl adjacent to an activating group) is 1. The predicted octanol–water partition coefficient (Wildman–Crippen LogP) is 0.705. The van der Waals surface area contributed by atoms with E-state index in [0.717, 1.165) is 19.8 Å². The van der Waals surface area contributed by atoms with Crippen LogP contribution in [-0.4, -0.2) is 50.8 Å². The second-order valence-electron chi connectivity index (χ2n) is 3.98. The van der Waals surface area contributed by atoms with Crippen molar-refractivity contribution in [1.29, 1.82) is 0 Å². The van der Waals surface area contributed by atoms with Crippen LogP contribution in [-0.2, 0) is 4.74 Å². The molecule has 1 fully saturated rings. The average Bonchev–Trinajstić information content (AvgIpc) is 2.66. The lowest BCUT2D eigenvalue weighted by Gasteiger charge is -2.24. The lowest BCUT2D eigenvalue weighted by atomic mass is 10.2. The van der Waals surface area contributed by atoms with Crippen LogP contribution in [0.4, 0.5) is 0 Å². The number of nitrogens with zero attached hydrogens (tertiary/aromatic N) is 1. The van der Waals surface area contributed by atoms with E-state index in [1.807, 2.05) is 7.05 Å². The third kappa shape index (κ3) is 3.63. The Morgan fingerprint density at radius 3 is 2.92 bits per heavy atom. The Hall–Kier alpha value is -0.120. The van der Waals surface area contributed by atoms with E-state index in [2.05, 4.69) is 24.2 Å². The molecule has 0 bridgehead atoms. The number of ether oxygens (including phenoxy) is 1. The zero-order valence-electron chi connectivity index (χ0n) is 9.05. The van der Waals surface area contributed by atoms with Crippen LogP contribution < -0.4 is 5.32 Å². The molecule has 1 aliphatic heterocycles. The summed E-state index contributed by atoms with van der Waals surface area (Å²) in [5.41, 5.74) is 0. The first-order chi connectivity index (χ1) is 6.24. The smallest absolute Gasteiger partial charge is 0.0622 e. The van der Waals surface area contributed by atoms with Gasteiger partial charge in [0.15, 0.2) is 0 Å². The topological polar surface area (TPSA) is 24.5 Å². The molecule has 0 saturated carbocycles. The lowest BCUT2D eigenvalue weighted by molar-refractivity contribution is 0.157. The van der Waals surface area contributed by atoms with Gasteiger partial charge in [0.1, 0.15) is 0 Å². The Balaban J connectivity index is 2.12. The van der Waals surface area contributed by atoms with Crippen molar-refractivity contribution >= 4 is 0 Å². The molecule has 1 rings (SSSR count). The molecule has 0 aromatic carbocycles. The maximum atomic E-state index is 5.35. The second kappa shape index (κ2) is 5.58. The van der Waals surface area contributed by atoms with Gasteiger partial charge in [-0.2, -0.15) is 0 Å². The third-order valence-electron chi connectivity index (χ3n) is 2.94. The average molecular weight is 186 g/mol. The van der Waals surface area contributed by atoms with Crippen LogP contribution in [0.15, 0.2) is 0 Å². The number of hydrogen-bond donors (Lipinski definition) is 1. The van der Waals surface area contributed by atoms with E-state index in [-0.39, 0.29) is 0 Å². The number of nitrogens with one attached hydrogen (secondary N) is 1. The van der Waals surface area contributed by atoms with Gasteiger partial charge in [-0.1, -0.05) is 0 Å². The summed E-state index contributed by atoms with van der Waals surface area (Å²) < 4.78 is 5.35. The highest BCUT2D eigenvalue weighted by Crippen LogP contribution is 2.10. The van der Waals surface area contributed by atoms with Gasteiger partial charge in [0, 0.05) is 18.7 Å². The Labute approximate surface area is 81.4 Å². The molecule has 1 heterocycles. The van der Waals surface area contributed by atoms with Gasteiger partial charge in [0.05, 0.1) is 6.61 Å². The minimum absolute atomic E-state index is 0.616. The summed E-state index contributed by atoms with van der Waals surface area (Å²) in [5, 5.41) is 3.25. The van der Waals surface area contributed by atoms with E-state index < -0.39 is 0 Å². The third-order valence-corrected chi connectivity index (χ3v) is 2.94. The van der Waals surface area contributed by atoms with E-state index in [4.69, 9.17) is 4.74 Å². The van der Waals surface area contributed by atoms with Gasteiger partial charge in [-0.05, 0) is 40.4 Å². The lowest BCUT2D eigenvalue weighted by Crippen LogP contribution is -2.35. The van der Waals surface area contributed by atoms with Crippen molar-refractivity contribution in [3.8, 4) is 0 Å². The SMILES string of the molecule is CNC(C)CCN(C)C1CCOC1. The zero-order chi connectivity index (χ0) is 9.68. The first-order valence-corrected chi connectivity index (χ1v) is 5.19. The molecule has 13 heavy (non-hydrogen) atoms. The summed E-state index contributed by atoms with van der Waals surface area (Å²) in [5.74, 6) is 0. The molecule has 2 atom stereocenters. The van der Waals surface area contributed by atoms with Crippen LogP contribution in [0.2, 0.25) is 0 Å². The zero-order valence-corrected chi connectivity index (χ0v) is 9.05. The summed E-state index contributed by atoms with van der Waals surface area (Å²) >= 11 is 0. The van der Waals surface area contributed by atoms with Crippen molar-refractivity contribution in [3.05, 3.63) is 0 Å². The molecular weight excluding hydrogens is 164 g/mol. The van der Waals surface area contributed by atoms with Crippen molar-refractivity contribution in [2.75, 3.05) is 33.9 Å². The highest BCUT2D eigenvalue weighted by atomic mass is 16.5. The summed E-state index contributed by atoms with van der Waals surface area (Å²) in [6.07, 6.45) is 2.41. The van der Waals surface area contributed by atoms with Crippen LogP contribution in [0, 0.1) is 0 Å². The molecule has 2 unspecified atom stereocenters. The first kappa shape index (κ1) is 11.0. The fourth-order valence-electron chi connectivity index (χ4n) is 1.59. The van der Waals surface area contributed by atoms with Crippen LogP contribution in [0.25, 0.3) is 0 Å². The molecule has 0 aromatic heterocycles. The van der Waals surface area contributed by atoms with Crippen molar-refractivity contribution in [1.82, 2.24) is 10.2 Å². The van der Waals surface area contributed by atoms with Crippen molar-refractivity contribution in [2.45, 2.75) is 31.8 Å². The molecule has 0 spiro atoms.